The summed E-state index contributed by atoms with van der Waals surface area (Å²) in [7, 11) is 3.00. The molecule has 13 heteroatoms. The second-order valence-corrected chi connectivity index (χ2v) is 13.8. The largest absolute Gasteiger partial charge is 0.496 e. The van der Waals surface area contributed by atoms with Gasteiger partial charge in [0, 0.05) is 38.3 Å². The van der Waals surface area contributed by atoms with Crippen molar-refractivity contribution in [3.8, 4) is 22.7 Å². The van der Waals surface area contributed by atoms with Gasteiger partial charge in [0.25, 0.3) is 5.56 Å². The molecule has 6 rings (SSSR count). The van der Waals surface area contributed by atoms with Crippen LogP contribution in [-0.4, -0.2) is 77.3 Å². The van der Waals surface area contributed by atoms with Crippen LogP contribution < -0.4 is 20.5 Å². The van der Waals surface area contributed by atoms with Gasteiger partial charge < -0.3 is 29.3 Å². The number of nitrogens with one attached hydrogen (secondary N) is 1. The minimum atomic E-state index is -0.659. The molecule has 1 fully saturated rings. The number of nitrogens with zero attached hydrogens (tertiary/aromatic N) is 5. The van der Waals surface area contributed by atoms with Crippen LogP contribution in [0.1, 0.15) is 51.8 Å². The number of carbonyl (C=O) groups excluding carboxylic acids is 1. The smallest absolute Gasteiger partial charge is 0.410 e. The molecule has 1 aromatic carbocycles. The third kappa shape index (κ3) is 5.70. The number of ether oxygens (including phenoxy) is 3. The fourth-order valence-electron chi connectivity index (χ4n) is 6.56. The summed E-state index contributed by atoms with van der Waals surface area (Å²) in [6.07, 6.45) is 0.643. The van der Waals surface area contributed by atoms with Gasteiger partial charge in [-0.05, 0) is 63.4 Å². The Hall–Kier alpha value is -4.42. The van der Waals surface area contributed by atoms with Crippen LogP contribution >= 0.6 is 11.6 Å². The lowest BCUT2D eigenvalue weighted by Crippen LogP contribution is -2.64. The lowest BCUT2D eigenvalue weighted by Gasteiger charge is -2.49. The van der Waals surface area contributed by atoms with Crippen molar-refractivity contribution in [2.75, 3.05) is 44.1 Å². The summed E-state index contributed by atoms with van der Waals surface area (Å²) in [5, 5.41) is 4.07. The van der Waals surface area contributed by atoms with Crippen LogP contribution in [0.15, 0.2) is 41.3 Å². The molecule has 48 heavy (non-hydrogen) atoms. The van der Waals surface area contributed by atoms with Crippen molar-refractivity contribution in [3.05, 3.63) is 69.0 Å². The number of hydrogen-bond acceptors (Lipinski definition) is 9. The Morgan fingerprint density at radius 3 is 2.56 bits per heavy atom. The average Bonchev–Trinajstić information content (AvgIpc) is 3.03. The number of hydrogen-bond donors (Lipinski definition) is 1. The second kappa shape index (κ2) is 12.6. The van der Waals surface area contributed by atoms with Gasteiger partial charge in [0.2, 0.25) is 0 Å². The van der Waals surface area contributed by atoms with Gasteiger partial charge >= 0.3 is 6.09 Å². The Morgan fingerprint density at radius 2 is 1.90 bits per heavy atom. The minimum Gasteiger partial charge on any atom is -0.496 e. The number of rotatable bonds is 5. The first-order valence-corrected chi connectivity index (χ1v) is 16.2. The van der Waals surface area contributed by atoms with Gasteiger partial charge in [0.05, 0.1) is 46.5 Å². The number of aromatic nitrogens is 3. The molecule has 11 nitrogen and oxygen atoms in total. The van der Waals surface area contributed by atoms with E-state index in [0.717, 1.165) is 5.56 Å². The zero-order valence-corrected chi connectivity index (χ0v) is 29.1. The highest BCUT2D eigenvalue weighted by atomic mass is 35.5. The molecule has 4 aromatic rings. The highest BCUT2D eigenvalue weighted by molar-refractivity contribution is 6.34. The van der Waals surface area contributed by atoms with Gasteiger partial charge in [-0.25, -0.2) is 14.2 Å². The number of carbonyl (C=O) groups is 1. The van der Waals surface area contributed by atoms with Crippen molar-refractivity contribution < 1.29 is 23.4 Å². The number of aryl methyl sites for hydroxylation is 1. The Labute approximate surface area is 283 Å². The standard InChI is InChI=1S/C35H40ClFN6O5/c1-18(2)26-29(19(3)12-13-38-26)43-31-20(16-21(36)27(39-31)25-22(37)10-9-11-24(25)46-7)30-28(33(43)44)40-32(47-8)23-17-41(14-15-42(23)30)34(45)48-35(4,5)6/h9-13,16,18,23,32,40H,14-15,17H2,1-8H3/t23-,32?/m1/s1. The van der Waals surface area contributed by atoms with E-state index < -0.39 is 29.8 Å². The molecule has 0 aliphatic carbocycles. The molecule has 1 saturated heterocycles. The van der Waals surface area contributed by atoms with Crippen molar-refractivity contribution in [1.29, 1.82) is 0 Å². The number of fused-ring (bicyclic) bond motifs is 5. The van der Waals surface area contributed by atoms with Crippen LogP contribution in [0.25, 0.3) is 28.0 Å². The van der Waals surface area contributed by atoms with Crippen molar-refractivity contribution >= 4 is 40.1 Å². The SMILES string of the molecule is COc1cccc(F)c1-c1nc2c(cc1Cl)c1c(c(=O)n2-c2c(C)ccnc2C(C)C)NC(OC)[C@H]2CN(C(=O)OC(C)(C)C)CCN12. The topological polar surface area (TPSA) is 111 Å². The number of pyridine rings is 3. The second-order valence-electron chi connectivity index (χ2n) is 13.4. The first-order valence-electron chi connectivity index (χ1n) is 15.9. The molecule has 1 N–H and O–H groups in total. The van der Waals surface area contributed by atoms with E-state index in [2.05, 4.69) is 15.2 Å². The molecular formula is C35H40ClFN6O5. The monoisotopic (exact) mass is 678 g/mol. The van der Waals surface area contributed by atoms with E-state index in [9.17, 15) is 9.59 Å². The van der Waals surface area contributed by atoms with E-state index in [1.165, 1.54) is 17.7 Å². The van der Waals surface area contributed by atoms with E-state index >= 15 is 4.39 Å². The summed E-state index contributed by atoms with van der Waals surface area (Å²) in [4.78, 5) is 41.3. The molecule has 5 heterocycles. The minimum absolute atomic E-state index is 0.0405. The predicted molar refractivity (Wildman–Crippen MR) is 184 cm³/mol. The number of amides is 1. The maximum atomic E-state index is 15.5. The van der Waals surface area contributed by atoms with E-state index in [1.54, 1.807) is 36.4 Å². The quantitative estimate of drug-likeness (QED) is 0.253. The summed E-state index contributed by atoms with van der Waals surface area (Å²) in [5.41, 5.74) is 2.39. The summed E-state index contributed by atoms with van der Waals surface area (Å²) in [5.74, 6) is -0.362. The molecule has 254 valence electrons. The van der Waals surface area contributed by atoms with Gasteiger partial charge in [0.15, 0.2) is 5.65 Å². The van der Waals surface area contributed by atoms with Crippen LogP contribution in [0.3, 0.4) is 0 Å². The Bertz CT molecular complexity index is 1980. The molecule has 1 unspecified atom stereocenters. The van der Waals surface area contributed by atoms with Crippen molar-refractivity contribution in [1.82, 2.24) is 19.4 Å². The molecule has 0 radical (unpaired) electrons. The van der Waals surface area contributed by atoms with Gasteiger partial charge in [0.1, 0.15) is 29.1 Å². The van der Waals surface area contributed by atoms with Crippen LogP contribution in [-0.2, 0) is 9.47 Å². The van der Waals surface area contributed by atoms with Crippen LogP contribution in [0.4, 0.5) is 20.6 Å². The molecule has 3 aromatic heterocycles. The Kier molecular flexibility index (Phi) is 8.76. The number of benzene rings is 1. The van der Waals surface area contributed by atoms with Crippen molar-refractivity contribution in [2.24, 2.45) is 0 Å². The first-order chi connectivity index (χ1) is 22.7. The Morgan fingerprint density at radius 1 is 1.15 bits per heavy atom. The Balaban J connectivity index is 1.65. The van der Waals surface area contributed by atoms with Crippen molar-refractivity contribution in [3.63, 3.8) is 0 Å². The third-order valence-corrected chi connectivity index (χ3v) is 8.97. The van der Waals surface area contributed by atoms with Gasteiger partial charge in [-0.3, -0.25) is 14.3 Å². The summed E-state index contributed by atoms with van der Waals surface area (Å²) in [6.45, 7) is 12.4. The molecule has 2 aliphatic rings. The molecule has 2 aliphatic heterocycles. The fraction of sp³-hybridized carbons (Fsp3) is 0.429. The summed E-state index contributed by atoms with van der Waals surface area (Å²) in [6, 6.07) is 7.65. The highest BCUT2D eigenvalue weighted by Gasteiger charge is 2.43. The zero-order chi connectivity index (χ0) is 34.7. The van der Waals surface area contributed by atoms with E-state index in [4.69, 9.17) is 30.8 Å². The normalized spacial score (nSPS) is 17.6. The molecular weight excluding hydrogens is 639 g/mol. The molecule has 2 atom stereocenters. The van der Waals surface area contributed by atoms with Crippen LogP contribution in [0.5, 0.6) is 5.75 Å². The maximum absolute atomic E-state index is 15.5. The summed E-state index contributed by atoms with van der Waals surface area (Å²) >= 11 is 6.97. The predicted octanol–water partition coefficient (Wildman–Crippen LogP) is 6.50. The van der Waals surface area contributed by atoms with E-state index in [-0.39, 0.29) is 45.7 Å². The number of halogens is 2. The van der Waals surface area contributed by atoms with Gasteiger partial charge in [-0.15, -0.1) is 0 Å². The van der Waals surface area contributed by atoms with Crippen LogP contribution in [0, 0.1) is 12.7 Å². The lowest BCUT2D eigenvalue weighted by molar-refractivity contribution is 0.0126. The van der Waals surface area contributed by atoms with Crippen LogP contribution in [0.2, 0.25) is 5.02 Å². The summed E-state index contributed by atoms with van der Waals surface area (Å²) < 4.78 is 34.1. The number of piperazine rings is 1. The van der Waals surface area contributed by atoms with E-state index in [0.29, 0.717) is 41.2 Å². The molecule has 0 bridgehead atoms. The lowest BCUT2D eigenvalue weighted by atomic mass is 10.00. The molecule has 0 saturated carbocycles. The average molecular weight is 679 g/mol. The van der Waals surface area contributed by atoms with E-state index in [1.807, 2.05) is 47.6 Å². The molecule has 1 amide bonds. The zero-order valence-electron chi connectivity index (χ0n) is 28.4. The number of methoxy groups -OCH3 is 2. The highest BCUT2D eigenvalue weighted by Crippen LogP contribution is 2.44. The van der Waals surface area contributed by atoms with Gasteiger partial charge in [-0.2, -0.15) is 0 Å². The third-order valence-electron chi connectivity index (χ3n) is 8.68. The van der Waals surface area contributed by atoms with Crippen molar-refractivity contribution in [2.45, 2.75) is 65.3 Å². The number of anilines is 2. The fourth-order valence-corrected chi connectivity index (χ4v) is 6.81. The molecule has 0 spiro atoms. The van der Waals surface area contributed by atoms with Gasteiger partial charge in [-0.1, -0.05) is 31.5 Å². The first kappa shape index (κ1) is 33.5. The maximum Gasteiger partial charge on any atom is 0.410 e.